The summed E-state index contributed by atoms with van der Waals surface area (Å²) in [6, 6.07) is 3.98. The molecule has 2 amide bonds. The molecule has 1 fully saturated rings. The number of urea groups is 1. The summed E-state index contributed by atoms with van der Waals surface area (Å²) in [5.74, 6) is 0.835. The Kier molecular flexibility index (Phi) is 4.95. The lowest BCUT2D eigenvalue weighted by molar-refractivity contribution is 0.179. The summed E-state index contributed by atoms with van der Waals surface area (Å²) in [6.07, 6.45) is 7.47. The number of carbonyl (C=O) groups excluding carboxylic acids is 1. The molecule has 0 saturated carbocycles. The standard InChI is InChI=1S/C16H24N6O/c1-13(12-22-8-2-6-19-22)11-17-16(23)21-9-4-14(5-10-21)15-3-7-18-20-15/h2-3,6-8,13-14H,4-5,9-12H2,1H3,(H,17,23)(H,18,20). The third kappa shape index (κ3) is 4.12. The van der Waals surface area contributed by atoms with Gasteiger partial charge in [0.25, 0.3) is 0 Å². The number of aromatic nitrogens is 4. The van der Waals surface area contributed by atoms with Gasteiger partial charge in [0.1, 0.15) is 0 Å². The molecule has 1 aliphatic rings. The van der Waals surface area contributed by atoms with Gasteiger partial charge in [0, 0.05) is 56.4 Å². The van der Waals surface area contributed by atoms with E-state index in [1.54, 1.807) is 12.4 Å². The van der Waals surface area contributed by atoms with Gasteiger partial charge in [-0.15, -0.1) is 0 Å². The van der Waals surface area contributed by atoms with E-state index >= 15 is 0 Å². The van der Waals surface area contributed by atoms with Crippen LogP contribution in [0, 0.1) is 5.92 Å². The van der Waals surface area contributed by atoms with Crippen molar-refractivity contribution in [2.24, 2.45) is 5.92 Å². The van der Waals surface area contributed by atoms with Crippen molar-refractivity contribution in [3.05, 3.63) is 36.4 Å². The van der Waals surface area contributed by atoms with Crippen molar-refractivity contribution in [2.45, 2.75) is 32.2 Å². The molecule has 2 aromatic heterocycles. The second kappa shape index (κ2) is 7.30. The van der Waals surface area contributed by atoms with Crippen LogP contribution in [0.15, 0.2) is 30.7 Å². The van der Waals surface area contributed by atoms with Crippen LogP contribution in [0.5, 0.6) is 0 Å². The van der Waals surface area contributed by atoms with E-state index in [1.165, 1.54) is 5.69 Å². The maximum atomic E-state index is 12.3. The van der Waals surface area contributed by atoms with Gasteiger partial charge in [-0.25, -0.2) is 4.79 Å². The molecule has 0 spiro atoms. The lowest BCUT2D eigenvalue weighted by Gasteiger charge is -2.31. The minimum Gasteiger partial charge on any atom is -0.338 e. The number of amides is 2. The average molecular weight is 316 g/mol. The number of piperidine rings is 1. The van der Waals surface area contributed by atoms with E-state index in [0.717, 1.165) is 32.5 Å². The fourth-order valence-corrected chi connectivity index (χ4v) is 3.05. The number of likely N-dealkylation sites (tertiary alicyclic amines) is 1. The predicted octanol–water partition coefficient (Wildman–Crippen LogP) is 1.83. The van der Waals surface area contributed by atoms with Crippen LogP contribution in [0.1, 0.15) is 31.4 Å². The summed E-state index contributed by atoms with van der Waals surface area (Å²) in [6.45, 7) is 5.19. The fourth-order valence-electron chi connectivity index (χ4n) is 3.05. The minimum absolute atomic E-state index is 0.0420. The molecule has 124 valence electrons. The molecule has 23 heavy (non-hydrogen) atoms. The molecule has 2 N–H and O–H groups in total. The van der Waals surface area contributed by atoms with E-state index in [-0.39, 0.29) is 6.03 Å². The summed E-state index contributed by atoms with van der Waals surface area (Å²) in [5.41, 5.74) is 1.18. The zero-order valence-corrected chi connectivity index (χ0v) is 13.5. The van der Waals surface area contributed by atoms with E-state index in [4.69, 9.17) is 0 Å². The molecule has 3 heterocycles. The van der Waals surface area contributed by atoms with Gasteiger partial charge in [0.15, 0.2) is 0 Å². The van der Waals surface area contributed by atoms with Crippen LogP contribution < -0.4 is 5.32 Å². The number of H-pyrrole nitrogens is 1. The molecule has 2 aromatic rings. The number of aromatic amines is 1. The van der Waals surface area contributed by atoms with Gasteiger partial charge in [0.05, 0.1) is 0 Å². The first-order valence-electron chi connectivity index (χ1n) is 8.22. The van der Waals surface area contributed by atoms with Crippen molar-refractivity contribution >= 4 is 6.03 Å². The third-order valence-corrected chi connectivity index (χ3v) is 4.40. The van der Waals surface area contributed by atoms with E-state index in [9.17, 15) is 4.79 Å². The lowest BCUT2D eigenvalue weighted by atomic mass is 9.94. The monoisotopic (exact) mass is 316 g/mol. The number of carbonyl (C=O) groups is 1. The Bertz CT molecular complexity index is 586. The highest BCUT2D eigenvalue weighted by atomic mass is 16.2. The number of hydrogen-bond acceptors (Lipinski definition) is 3. The second-order valence-electron chi connectivity index (χ2n) is 6.29. The van der Waals surface area contributed by atoms with Crippen molar-refractivity contribution in [3.63, 3.8) is 0 Å². The molecule has 0 bridgehead atoms. The maximum Gasteiger partial charge on any atom is 0.317 e. The molecule has 1 atom stereocenters. The predicted molar refractivity (Wildman–Crippen MR) is 86.9 cm³/mol. The van der Waals surface area contributed by atoms with Crippen molar-refractivity contribution in [3.8, 4) is 0 Å². The molecule has 1 aliphatic heterocycles. The molecule has 1 unspecified atom stereocenters. The highest BCUT2D eigenvalue weighted by molar-refractivity contribution is 5.74. The first-order chi connectivity index (χ1) is 11.2. The summed E-state index contributed by atoms with van der Waals surface area (Å²) < 4.78 is 1.90. The van der Waals surface area contributed by atoms with Gasteiger partial charge < -0.3 is 10.2 Å². The van der Waals surface area contributed by atoms with Crippen LogP contribution in [0.4, 0.5) is 4.79 Å². The normalized spacial score (nSPS) is 17.2. The maximum absolute atomic E-state index is 12.3. The van der Waals surface area contributed by atoms with Crippen molar-refractivity contribution in [2.75, 3.05) is 19.6 Å². The van der Waals surface area contributed by atoms with E-state index in [1.807, 2.05) is 27.9 Å². The first-order valence-corrected chi connectivity index (χ1v) is 8.22. The molecule has 7 heteroatoms. The van der Waals surface area contributed by atoms with Crippen LogP contribution in [-0.2, 0) is 6.54 Å². The van der Waals surface area contributed by atoms with E-state index in [0.29, 0.717) is 18.4 Å². The Hall–Kier alpha value is -2.31. The number of hydrogen-bond donors (Lipinski definition) is 2. The van der Waals surface area contributed by atoms with Crippen LogP contribution in [0.3, 0.4) is 0 Å². The largest absolute Gasteiger partial charge is 0.338 e. The molecular formula is C16H24N6O. The summed E-state index contributed by atoms with van der Waals surface area (Å²) in [7, 11) is 0. The van der Waals surface area contributed by atoms with E-state index < -0.39 is 0 Å². The third-order valence-electron chi connectivity index (χ3n) is 4.40. The van der Waals surface area contributed by atoms with E-state index in [2.05, 4.69) is 27.5 Å². The van der Waals surface area contributed by atoms with Crippen LogP contribution >= 0.6 is 0 Å². The van der Waals surface area contributed by atoms with Gasteiger partial charge in [-0.2, -0.15) is 10.2 Å². The zero-order valence-electron chi connectivity index (χ0n) is 13.5. The van der Waals surface area contributed by atoms with Gasteiger partial charge in [0.2, 0.25) is 0 Å². The number of rotatable bonds is 5. The van der Waals surface area contributed by atoms with Crippen LogP contribution in [0.25, 0.3) is 0 Å². The molecule has 0 radical (unpaired) electrons. The Morgan fingerprint density at radius 1 is 1.43 bits per heavy atom. The lowest BCUT2D eigenvalue weighted by Crippen LogP contribution is -2.45. The van der Waals surface area contributed by atoms with Gasteiger partial charge in [-0.1, -0.05) is 6.92 Å². The van der Waals surface area contributed by atoms with Crippen molar-refractivity contribution < 1.29 is 4.79 Å². The Balaban J connectivity index is 1.39. The minimum atomic E-state index is 0.0420. The van der Waals surface area contributed by atoms with Crippen LogP contribution in [0.2, 0.25) is 0 Å². The Morgan fingerprint density at radius 2 is 2.26 bits per heavy atom. The Labute approximate surface area is 136 Å². The highest BCUT2D eigenvalue weighted by Gasteiger charge is 2.24. The topological polar surface area (TPSA) is 78.8 Å². The molecule has 1 saturated heterocycles. The number of nitrogens with zero attached hydrogens (tertiary/aromatic N) is 4. The molecule has 0 aliphatic carbocycles. The van der Waals surface area contributed by atoms with Gasteiger partial charge in [-0.3, -0.25) is 9.78 Å². The number of nitrogens with one attached hydrogen (secondary N) is 2. The second-order valence-corrected chi connectivity index (χ2v) is 6.29. The molecular weight excluding hydrogens is 292 g/mol. The average Bonchev–Trinajstić information content (AvgIpc) is 3.26. The highest BCUT2D eigenvalue weighted by Crippen LogP contribution is 2.26. The summed E-state index contributed by atoms with van der Waals surface area (Å²) >= 11 is 0. The molecule has 3 rings (SSSR count). The summed E-state index contributed by atoms with van der Waals surface area (Å²) in [4.78, 5) is 14.2. The fraction of sp³-hybridized carbons (Fsp3) is 0.562. The summed E-state index contributed by atoms with van der Waals surface area (Å²) in [5, 5.41) is 14.3. The first kappa shape index (κ1) is 15.6. The van der Waals surface area contributed by atoms with Crippen LogP contribution in [-0.4, -0.2) is 50.5 Å². The smallest absolute Gasteiger partial charge is 0.317 e. The zero-order chi connectivity index (χ0) is 16.1. The van der Waals surface area contributed by atoms with Gasteiger partial charge in [-0.05, 0) is 30.9 Å². The van der Waals surface area contributed by atoms with Gasteiger partial charge >= 0.3 is 6.03 Å². The molecule has 7 nitrogen and oxygen atoms in total. The quantitative estimate of drug-likeness (QED) is 0.883. The Morgan fingerprint density at radius 3 is 2.91 bits per heavy atom. The SMILES string of the molecule is CC(CNC(=O)N1CCC(c2ccn[nH]2)CC1)Cn1cccn1. The van der Waals surface area contributed by atoms with Crippen molar-refractivity contribution in [1.82, 2.24) is 30.2 Å². The molecule has 0 aromatic carbocycles. The van der Waals surface area contributed by atoms with Crippen molar-refractivity contribution in [1.29, 1.82) is 0 Å².